The highest BCUT2D eigenvalue weighted by Crippen LogP contribution is 2.40. The van der Waals surface area contributed by atoms with Crippen molar-refractivity contribution in [3.63, 3.8) is 0 Å². The van der Waals surface area contributed by atoms with E-state index < -0.39 is 0 Å². The third-order valence-corrected chi connectivity index (χ3v) is 7.73. The summed E-state index contributed by atoms with van der Waals surface area (Å²) in [5.41, 5.74) is 3.73. The number of nitrogens with zero attached hydrogens (tertiary/aromatic N) is 5. The van der Waals surface area contributed by atoms with E-state index in [0.717, 1.165) is 50.0 Å². The normalized spacial score (nSPS) is 20.4. The topological polar surface area (TPSA) is 90.9 Å². The van der Waals surface area contributed by atoms with Crippen LogP contribution in [0.1, 0.15) is 56.3 Å². The zero-order chi connectivity index (χ0) is 25.3. The van der Waals surface area contributed by atoms with E-state index in [9.17, 15) is 9.59 Å². The maximum absolute atomic E-state index is 12.2. The van der Waals surface area contributed by atoms with Crippen molar-refractivity contribution < 1.29 is 14.3 Å². The van der Waals surface area contributed by atoms with Gasteiger partial charge < -0.3 is 19.7 Å². The number of fused-ring (bicyclic) bond motifs is 1. The summed E-state index contributed by atoms with van der Waals surface area (Å²) in [5.74, 6) is 1.11. The Morgan fingerprint density at radius 1 is 1.17 bits per heavy atom. The van der Waals surface area contributed by atoms with Crippen molar-refractivity contribution in [1.29, 1.82) is 0 Å². The molecular formula is C26H35BN6O3. The number of carbonyl (C=O) groups is 2. The summed E-state index contributed by atoms with van der Waals surface area (Å²) >= 11 is 0. The fourth-order valence-electron chi connectivity index (χ4n) is 5.62. The number of anilines is 2. The average molecular weight is 490 g/mol. The molecule has 2 saturated heterocycles. The molecule has 1 amide bonds. The summed E-state index contributed by atoms with van der Waals surface area (Å²) < 4.78 is 5.23. The predicted octanol–water partition coefficient (Wildman–Crippen LogP) is 2.95. The quantitative estimate of drug-likeness (QED) is 0.446. The van der Waals surface area contributed by atoms with Gasteiger partial charge in [-0.2, -0.15) is 4.98 Å². The molecule has 36 heavy (non-hydrogen) atoms. The average Bonchev–Trinajstić information content (AvgIpc) is 2.84. The van der Waals surface area contributed by atoms with Gasteiger partial charge >= 0.3 is 6.09 Å². The monoisotopic (exact) mass is 490 g/mol. The molecule has 0 radical (unpaired) electrons. The number of hydrogen-bond acceptors (Lipinski definition) is 8. The van der Waals surface area contributed by atoms with Gasteiger partial charge in [0.25, 0.3) is 7.41 Å². The van der Waals surface area contributed by atoms with Crippen LogP contribution in [-0.4, -0.2) is 71.6 Å². The first kappa shape index (κ1) is 24.7. The third kappa shape index (κ3) is 5.10. The van der Waals surface area contributed by atoms with Gasteiger partial charge in [0, 0.05) is 31.9 Å². The van der Waals surface area contributed by atoms with Gasteiger partial charge in [-0.25, -0.2) is 9.78 Å². The van der Waals surface area contributed by atoms with Crippen LogP contribution in [0.15, 0.2) is 30.5 Å². The lowest BCUT2D eigenvalue weighted by molar-refractivity contribution is -0.0396. The number of rotatable bonds is 8. The molecule has 0 bridgehead atoms. The van der Waals surface area contributed by atoms with Gasteiger partial charge in [0.05, 0.1) is 17.8 Å². The highest BCUT2D eigenvalue weighted by atomic mass is 16.6. The predicted molar refractivity (Wildman–Crippen MR) is 141 cm³/mol. The number of piperidine rings is 1. The minimum Gasteiger partial charge on any atom is -0.444 e. The first-order valence-corrected chi connectivity index (χ1v) is 12.9. The summed E-state index contributed by atoms with van der Waals surface area (Å²) in [6.07, 6.45) is 4.76. The fraction of sp³-hybridized carbons (Fsp3) is 0.538. The highest BCUT2D eigenvalue weighted by Gasteiger charge is 2.44. The molecule has 0 aliphatic carbocycles. The van der Waals surface area contributed by atoms with Crippen molar-refractivity contribution in [2.45, 2.75) is 58.8 Å². The Labute approximate surface area is 213 Å². The molecule has 3 aliphatic rings. The number of likely N-dealkylation sites (tertiary alicyclic amines) is 1. The summed E-state index contributed by atoms with van der Waals surface area (Å²) in [7, 11) is 0.572. The maximum atomic E-state index is 12.2. The molecule has 0 saturated carbocycles. The number of cyclic esters (lactones) is 1. The number of benzene rings is 1. The third-order valence-electron chi connectivity index (χ3n) is 7.73. The van der Waals surface area contributed by atoms with Crippen LogP contribution in [0.4, 0.5) is 16.6 Å². The van der Waals surface area contributed by atoms with Crippen molar-refractivity contribution in [2.24, 2.45) is 5.41 Å². The largest absolute Gasteiger partial charge is 0.444 e. The second kappa shape index (κ2) is 10.2. The van der Waals surface area contributed by atoms with E-state index in [-0.39, 0.29) is 24.8 Å². The fourth-order valence-corrected chi connectivity index (χ4v) is 5.62. The standard InChI is InChI=1S/C26H35BN6O3/c1-18(2)33-23-22(14-36-25(33)35)12-28-24(30-23)29-19(3)21-6-4-20(5-7-21)13-31-15-26(16-31)8-10-32(11-9-26)27-17-34/h4-7,12,17-19,27H,8-11,13-16H2,1-3H3,(H,28,29,30)/t19-/m0/s1. The zero-order valence-electron chi connectivity index (χ0n) is 21.4. The second-order valence-corrected chi connectivity index (χ2v) is 10.8. The highest BCUT2D eigenvalue weighted by molar-refractivity contribution is 6.64. The van der Waals surface area contributed by atoms with Crippen molar-refractivity contribution in [3.05, 3.63) is 47.2 Å². The zero-order valence-corrected chi connectivity index (χ0v) is 21.4. The van der Waals surface area contributed by atoms with Gasteiger partial charge in [0.2, 0.25) is 5.95 Å². The molecule has 1 N–H and O–H groups in total. The molecular weight excluding hydrogens is 455 g/mol. The van der Waals surface area contributed by atoms with Gasteiger partial charge in [-0.3, -0.25) is 9.80 Å². The molecule has 5 rings (SSSR count). The number of amides is 1. The van der Waals surface area contributed by atoms with Gasteiger partial charge in [-0.05, 0) is 63.2 Å². The first-order valence-electron chi connectivity index (χ1n) is 12.9. The van der Waals surface area contributed by atoms with Crippen LogP contribution in [0, 0.1) is 5.41 Å². The number of hydrogen-bond donors (Lipinski definition) is 1. The van der Waals surface area contributed by atoms with Crippen LogP contribution in [0.2, 0.25) is 0 Å². The lowest BCUT2D eigenvalue weighted by Gasteiger charge is -2.54. The number of aromatic nitrogens is 2. The lowest BCUT2D eigenvalue weighted by Crippen LogP contribution is -2.60. The molecule has 2 fully saturated rings. The van der Waals surface area contributed by atoms with Gasteiger partial charge in [0.15, 0.2) is 0 Å². The minimum atomic E-state index is -0.373. The molecule has 3 aliphatic heterocycles. The molecule has 2 aromatic rings. The molecule has 1 atom stereocenters. The SMILES string of the molecule is CC(C)N1C(=O)OCc2cnc(N[C@@H](C)c3ccc(CN4CC5(CCN(BC=O)CC5)C4)cc3)nc21. The maximum Gasteiger partial charge on any atom is 0.416 e. The lowest BCUT2D eigenvalue weighted by atomic mass is 9.70. The summed E-state index contributed by atoms with van der Waals surface area (Å²) in [6, 6.07) is 8.70. The molecule has 10 heteroatoms. The van der Waals surface area contributed by atoms with Crippen LogP contribution in [0.3, 0.4) is 0 Å². The Morgan fingerprint density at radius 2 is 1.89 bits per heavy atom. The minimum absolute atomic E-state index is 0.0176. The van der Waals surface area contributed by atoms with Crippen LogP contribution >= 0.6 is 0 Å². The van der Waals surface area contributed by atoms with E-state index in [0.29, 0.717) is 24.6 Å². The molecule has 0 unspecified atom stereocenters. The summed E-state index contributed by atoms with van der Waals surface area (Å²) in [6.45, 7) is 11.5. The Bertz CT molecular complexity index is 1100. The Hall–Kier alpha value is -2.98. The smallest absolute Gasteiger partial charge is 0.416 e. The van der Waals surface area contributed by atoms with Crippen LogP contribution in [0.5, 0.6) is 0 Å². The van der Waals surface area contributed by atoms with Crippen molar-refractivity contribution in [2.75, 3.05) is 36.4 Å². The van der Waals surface area contributed by atoms with E-state index in [2.05, 4.69) is 56.2 Å². The number of ether oxygens (including phenoxy) is 1. The molecule has 4 heterocycles. The molecule has 1 aromatic carbocycles. The van der Waals surface area contributed by atoms with Crippen molar-refractivity contribution in [1.82, 2.24) is 19.7 Å². The van der Waals surface area contributed by atoms with E-state index in [1.54, 1.807) is 11.1 Å². The molecule has 9 nitrogen and oxygen atoms in total. The van der Waals surface area contributed by atoms with Crippen LogP contribution in [0.25, 0.3) is 0 Å². The van der Waals surface area contributed by atoms with Gasteiger partial charge in [-0.1, -0.05) is 24.3 Å². The Morgan fingerprint density at radius 3 is 2.56 bits per heavy atom. The Kier molecular flexibility index (Phi) is 6.99. The van der Waals surface area contributed by atoms with Gasteiger partial charge in [-0.15, -0.1) is 0 Å². The molecule has 190 valence electrons. The second-order valence-electron chi connectivity index (χ2n) is 10.8. The molecule has 1 spiro atoms. The van der Waals surface area contributed by atoms with Crippen molar-refractivity contribution >= 4 is 31.5 Å². The Balaban J connectivity index is 1.15. The van der Waals surface area contributed by atoms with Crippen LogP contribution in [-0.2, 0) is 22.7 Å². The van der Waals surface area contributed by atoms with E-state index in [4.69, 9.17) is 4.74 Å². The van der Waals surface area contributed by atoms with E-state index in [1.165, 1.54) is 18.4 Å². The van der Waals surface area contributed by atoms with E-state index in [1.807, 2.05) is 13.8 Å². The van der Waals surface area contributed by atoms with E-state index >= 15 is 0 Å². The van der Waals surface area contributed by atoms with Crippen molar-refractivity contribution in [3.8, 4) is 0 Å². The summed E-state index contributed by atoms with van der Waals surface area (Å²) in [4.78, 5) is 38.4. The number of nitrogens with one attached hydrogen (secondary N) is 1. The van der Waals surface area contributed by atoms with Crippen LogP contribution < -0.4 is 10.2 Å². The summed E-state index contributed by atoms with van der Waals surface area (Å²) in [5, 5.41) is 3.38. The number of carbonyl (C=O) groups excluding carboxylic acids is 2. The molecule has 1 aromatic heterocycles. The van der Waals surface area contributed by atoms with Gasteiger partial charge in [0.1, 0.15) is 12.4 Å². The first-order chi connectivity index (χ1) is 17.4.